The zero-order valence-electron chi connectivity index (χ0n) is 28.7. The molecule has 49 heavy (non-hydrogen) atoms. The summed E-state index contributed by atoms with van der Waals surface area (Å²) in [5.74, 6) is 1.28. The lowest BCUT2D eigenvalue weighted by molar-refractivity contribution is -0.870. The summed E-state index contributed by atoms with van der Waals surface area (Å²) in [4.78, 5) is 28.9. The van der Waals surface area contributed by atoms with E-state index in [-0.39, 0.29) is 25.2 Å². The minimum absolute atomic E-state index is 0.0670. The molecule has 0 fully saturated rings. The van der Waals surface area contributed by atoms with Gasteiger partial charge in [-0.3, -0.25) is 14.4 Å². The van der Waals surface area contributed by atoms with Crippen LogP contribution in [0, 0.1) is 6.92 Å². The summed E-state index contributed by atoms with van der Waals surface area (Å²) in [6.45, 7) is 6.23. The second kappa shape index (κ2) is 16.3. The van der Waals surface area contributed by atoms with Crippen molar-refractivity contribution in [2.75, 3.05) is 58.1 Å². The summed E-state index contributed by atoms with van der Waals surface area (Å²) in [5, 5.41) is 8.93. The van der Waals surface area contributed by atoms with Crippen LogP contribution in [0.5, 0.6) is 5.75 Å². The Labute approximate surface area is 303 Å². The van der Waals surface area contributed by atoms with Crippen molar-refractivity contribution in [3.8, 4) is 16.9 Å². The molecule has 5 rings (SSSR count). The number of amides is 2. The third-order valence-electron chi connectivity index (χ3n) is 8.28. The summed E-state index contributed by atoms with van der Waals surface area (Å²) < 4.78 is 14.1. The molecule has 2 heterocycles. The molecule has 1 aliphatic rings. The first kappa shape index (κ1) is 36.6. The molecule has 1 aromatic heterocycles. The predicted octanol–water partition coefficient (Wildman–Crippen LogP) is 7.95. The molecule has 0 radical (unpaired) electrons. The van der Waals surface area contributed by atoms with Crippen LogP contribution >= 0.6 is 35.0 Å². The van der Waals surface area contributed by atoms with E-state index in [2.05, 4.69) is 31.6 Å². The largest absolute Gasteiger partial charge is 0.490 e. The van der Waals surface area contributed by atoms with Crippen LogP contribution in [-0.2, 0) is 11.3 Å². The van der Waals surface area contributed by atoms with Gasteiger partial charge < -0.3 is 19.3 Å². The van der Waals surface area contributed by atoms with Crippen molar-refractivity contribution in [1.82, 2.24) is 15.1 Å². The first-order valence-corrected chi connectivity index (χ1v) is 18.1. The highest BCUT2D eigenvalue weighted by atomic mass is 35.5. The molecule has 0 aliphatic carbocycles. The van der Waals surface area contributed by atoms with Crippen molar-refractivity contribution in [3.05, 3.63) is 93.7 Å². The molecule has 1 N–H and O–H groups in total. The molecule has 1 atom stereocenters. The SMILES string of the molecule is Cc1c(Cl)cccc1OCCOC(=O)N1CCSc2c(-c3cnn(Cc4cc(C(=O)N[C@H](C)CCC[N+](C)(C)C)ccc4Cl)c3)cccc21. The van der Waals surface area contributed by atoms with Crippen molar-refractivity contribution in [1.29, 1.82) is 0 Å². The van der Waals surface area contributed by atoms with Gasteiger partial charge in [0.25, 0.3) is 5.91 Å². The van der Waals surface area contributed by atoms with Crippen LogP contribution in [0.4, 0.5) is 10.5 Å². The average molecular weight is 726 g/mol. The van der Waals surface area contributed by atoms with E-state index in [0.717, 1.165) is 62.5 Å². The minimum Gasteiger partial charge on any atom is -0.490 e. The Hall–Kier alpha value is -3.70. The van der Waals surface area contributed by atoms with E-state index in [9.17, 15) is 9.59 Å². The number of halogens is 2. The zero-order valence-corrected chi connectivity index (χ0v) is 31.0. The quantitative estimate of drug-likeness (QED) is 0.111. The zero-order chi connectivity index (χ0) is 35.1. The highest BCUT2D eigenvalue weighted by Crippen LogP contribution is 2.42. The van der Waals surface area contributed by atoms with Gasteiger partial charge in [0.05, 0.1) is 46.1 Å². The second-order valence-electron chi connectivity index (χ2n) is 13.2. The first-order chi connectivity index (χ1) is 23.4. The summed E-state index contributed by atoms with van der Waals surface area (Å²) in [6, 6.07) is 16.8. The van der Waals surface area contributed by atoms with E-state index in [1.165, 1.54) is 0 Å². The van der Waals surface area contributed by atoms with Crippen LogP contribution < -0.4 is 15.0 Å². The van der Waals surface area contributed by atoms with E-state index >= 15 is 0 Å². The maximum atomic E-state index is 13.2. The fourth-order valence-corrected chi connectivity index (χ4v) is 7.11. The van der Waals surface area contributed by atoms with E-state index < -0.39 is 6.09 Å². The summed E-state index contributed by atoms with van der Waals surface area (Å²) >= 11 is 14.5. The normalized spacial score (nSPS) is 13.5. The Kier molecular flexibility index (Phi) is 12.2. The lowest BCUT2D eigenvalue weighted by Crippen LogP contribution is -2.37. The van der Waals surface area contributed by atoms with Gasteiger partial charge in [0, 0.05) is 61.7 Å². The van der Waals surface area contributed by atoms with E-state index in [0.29, 0.717) is 34.4 Å². The van der Waals surface area contributed by atoms with Gasteiger partial charge in [-0.1, -0.05) is 41.4 Å². The fraction of sp³-hybridized carbons (Fsp3) is 0.378. The minimum atomic E-state index is -0.419. The standard InChI is InChI=1S/C37H43Cl2N5O4S/c1-25(9-8-17-44(3,4)5)41-36(45)27-14-15-32(39)28(21-27)23-42-24-29(22-40-42)30-10-6-12-33-35(30)49-20-16-43(33)37(46)48-19-18-47-34-13-7-11-31(38)26(34)2/h6-7,10-15,21-22,24-25H,8-9,16-20,23H2,1-5H3/p+1/t25-/m1/s1. The molecule has 0 saturated heterocycles. The van der Waals surface area contributed by atoms with Crippen molar-refractivity contribution in [3.63, 3.8) is 0 Å². The van der Waals surface area contributed by atoms with Crippen molar-refractivity contribution < 1.29 is 23.5 Å². The third-order valence-corrected chi connectivity index (χ3v) is 10.2. The van der Waals surface area contributed by atoms with Crippen LogP contribution in [0.15, 0.2) is 71.9 Å². The van der Waals surface area contributed by atoms with Gasteiger partial charge >= 0.3 is 6.09 Å². The smallest absolute Gasteiger partial charge is 0.414 e. The molecule has 0 unspecified atom stereocenters. The Morgan fingerprint density at radius 3 is 2.65 bits per heavy atom. The van der Waals surface area contributed by atoms with Gasteiger partial charge in [-0.2, -0.15) is 5.10 Å². The Morgan fingerprint density at radius 2 is 1.86 bits per heavy atom. The summed E-state index contributed by atoms with van der Waals surface area (Å²) in [7, 11) is 6.51. The van der Waals surface area contributed by atoms with Crippen LogP contribution in [0.2, 0.25) is 10.0 Å². The lowest BCUT2D eigenvalue weighted by Gasteiger charge is -2.29. The van der Waals surface area contributed by atoms with Crippen molar-refractivity contribution >= 4 is 52.7 Å². The van der Waals surface area contributed by atoms with Gasteiger partial charge in [-0.25, -0.2) is 4.79 Å². The number of nitrogens with zero attached hydrogens (tertiary/aromatic N) is 4. The van der Waals surface area contributed by atoms with Gasteiger partial charge in [-0.05, 0) is 68.7 Å². The predicted molar refractivity (Wildman–Crippen MR) is 198 cm³/mol. The van der Waals surface area contributed by atoms with E-state index in [1.807, 2.05) is 73.4 Å². The number of rotatable bonds is 13. The molecule has 4 aromatic rings. The number of hydrogen-bond donors (Lipinski definition) is 1. The van der Waals surface area contributed by atoms with Crippen molar-refractivity contribution in [2.24, 2.45) is 0 Å². The molecule has 260 valence electrons. The Balaban J connectivity index is 1.22. The van der Waals surface area contributed by atoms with Crippen LogP contribution in [0.1, 0.15) is 41.3 Å². The molecule has 0 saturated carbocycles. The molecule has 2 amide bonds. The van der Waals surface area contributed by atoms with Gasteiger partial charge in [0.1, 0.15) is 19.0 Å². The summed E-state index contributed by atoms with van der Waals surface area (Å²) in [5.41, 5.74) is 4.90. The number of anilines is 1. The van der Waals surface area contributed by atoms with E-state index in [4.69, 9.17) is 32.7 Å². The van der Waals surface area contributed by atoms with Gasteiger partial charge in [0.2, 0.25) is 0 Å². The van der Waals surface area contributed by atoms with Crippen molar-refractivity contribution in [2.45, 2.75) is 44.2 Å². The number of nitrogens with one attached hydrogen (secondary N) is 1. The number of aromatic nitrogens is 2. The lowest BCUT2D eigenvalue weighted by atomic mass is 10.1. The molecular formula is C37H44Cl2N5O4S+. The number of quaternary nitrogens is 1. The molecule has 0 bridgehead atoms. The maximum absolute atomic E-state index is 13.2. The number of carbonyl (C=O) groups excluding carboxylic acids is 2. The van der Waals surface area contributed by atoms with Crippen LogP contribution in [0.25, 0.3) is 11.1 Å². The highest BCUT2D eigenvalue weighted by Gasteiger charge is 2.27. The number of thioether (sulfide) groups is 1. The maximum Gasteiger partial charge on any atom is 0.414 e. The molecule has 3 aromatic carbocycles. The molecule has 0 spiro atoms. The van der Waals surface area contributed by atoms with E-state index in [1.54, 1.807) is 28.8 Å². The number of ether oxygens (including phenoxy) is 2. The molecule has 9 nitrogen and oxygen atoms in total. The Morgan fingerprint density at radius 1 is 1.06 bits per heavy atom. The average Bonchev–Trinajstić information content (AvgIpc) is 3.52. The van der Waals surface area contributed by atoms with Gasteiger partial charge in [0.15, 0.2) is 0 Å². The number of carbonyl (C=O) groups is 2. The fourth-order valence-electron chi connectivity index (χ4n) is 5.62. The van der Waals surface area contributed by atoms with Gasteiger partial charge in [-0.15, -0.1) is 11.8 Å². The first-order valence-electron chi connectivity index (χ1n) is 16.4. The third kappa shape index (κ3) is 9.72. The Bertz CT molecular complexity index is 1790. The summed E-state index contributed by atoms with van der Waals surface area (Å²) in [6.07, 6.45) is 5.30. The second-order valence-corrected chi connectivity index (χ2v) is 15.2. The number of benzene rings is 3. The molecular weight excluding hydrogens is 681 g/mol. The monoisotopic (exact) mass is 724 g/mol. The highest BCUT2D eigenvalue weighted by molar-refractivity contribution is 7.99. The topological polar surface area (TPSA) is 85.7 Å². The van der Waals surface area contributed by atoms with Crippen LogP contribution in [-0.4, -0.2) is 85.5 Å². The molecule has 12 heteroatoms. The number of fused-ring (bicyclic) bond motifs is 1. The van der Waals surface area contributed by atoms with Crippen LogP contribution in [0.3, 0.4) is 0 Å². The molecule has 1 aliphatic heterocycles. The number of hydrogen-bond acceptors (Lipinski definition) is 6.